The summed E-state index contributed by atoms with van der Waals surface area (Å²) >= 11 is 8.21. The van der Waals surface area contributed by atoms with E-state index in [1.165, 1.54) is 47.4 Å². The average molecular weight is 322 g/mol. The number of halogens is 1. The summed E-state index contributed by atoms with van der Waals surface area (Å²) in [6.45, 7) is 0. The van der Waals surface area contributed by atoms with Crippen LogP contribution in [-0.2, 0) is 12.8 Å². The monoisotopic (exact) mass is 321 g/mol. The fourth-order valence-electron chi connectivity index (χ4n) is 2.88. The fraction of sp³-hybridized carbons (Fsp3) is 0.412. The quantitative estimate of drug-likeness (QED) is 0.830. The lowest BCUT2D eigenvalue weighted by Gasteiger charge is -2.13. The lowest BCUT2D eigenvalue weighted by molar-refractivity contribution is 0.414. The van der Waals surface area contributed by atoms with Crippen molar-refractivity contribution < 1.29 is 4.74 Å². The van der Waals surface area contributed by atoms with Crippen molar-refractivity contribution in [1.29, 1.82) is 0 Å². The maximum Gasteiger partial charge on any atom is 0.120 e. The third kappa shape index (κ3) is 3.10. The molecule has 2 nitrogen and oxygen atoms in total. The van der Waals surface area contributed by atoms with Crippen molar-refractivity contribution in [1.82, 2.24) is 0 Å². The smallest absolute Gasteiger partial charge is 0.120 e. The van der Waals surface area contributed by atoms with Crippen molar-refractivity contribution in [2.45, 2.75) is 38.1 Å². The van der Waals surface area contributed by atoms with Crippen LogP contribution in [0.1, 0.15) is 46.2 Å². The number of thiophene rings is 1. The third-order valence-corrected chi connectivity index (χ3v) is 5.76. The molecule has 3 rings (SSSR count). The Labute approximate surface area is 134 Å². The molecule has 112 valence electrons. The molecular weight excluding hydrogens is 302 g/mol. The van der Waals surface area contributed by atoms with Crippen LogP contribution in [0.4, 0.5) is 0 Å². The van der Waals surface area contributed by atoms with Crippen molar-refractivity contribution in [3.8, 4) is 5.75 Å². The van der Waals surface area contributed by atoms with Gasteiger partial charge in [-0.3, -0.25) is 0 Å². The molecule has 0 fully saturated rings. The molecule has 0 amide bonds. The zero-order valence-corrected chi connectivity index (χ0v) is 13.8. The SMILES string of the molecule is COc1ccc(C(N)c2cc3c(s2)CCCCC3)c(Cl)c1. The minimum Gasteiger partial charge on any atom is -0.497 e. The number of hydrogen-bond donors (Lipinski definition) is 1. The Morgan fingerprint density at radius 3 is 2.76 bits per heavy atom. The van der Waals surface area contributed by atoms with Gasteiger partial charge in [-0.15, -0.1) is 11.3 Å². The van der Waals surface area contributed by atoms with Gasteiger partial charge in [0.25, 0.3) is 0 Å². The van der Waals surface area contributed by atoms with Crippen LogP contribution >= 0.6 is 22.9 Å². The number of nitrogens with two attached hydrogens (primary N) is 1. The maximum atomic E-state index is 6.44. The first-order valence-corrected chi connectivity index (χ1v) is 8.59. The minimum atomic E-state index is -0.152. The van der Waals surface area contributed by atoms with E-state index in [1.54, 1.807) is 7.11 Å². The molecule has 1 aliphatic rings. The highest BCUT2D eigenvalue weighted by Gasteiger charge is 2.19. The van der Waals surface area contributed by atoms with E-state index in [4.69, 9.17) is 22.1 Å². The largest absolute Gasteiger partial charge is 0.497 e. The Morgan fingerprint density at radius 2 is 2.00 bits per heavy atom. The van der Waals surface area contributed by atoms with E-state index < -0.39 is 0 Å². The molecule has 21 heavy (non-hydrogen) atoms. The lowest BCUT2D eigenvalue weighted by Crippen LogP contribution is -2.10. The van der Waals surface area contributed by atoms with Crippen LogP contribution in [0.5, 0.6) is 5.75 Å². The van der Waals surface area contributed by atoms with Crippen molar-refractivity contribution in [3.05, 3.63) is 50.2 Å². The molecule has 2 N–H and O–H groups in total. The standard InChI is InChI=1S/C17H20ClNOS/c1-20-12-7-8-13(14(18)10-12)17(19)16-9-11-5-3-2-4-6-15(11)21-16/h7-10,17H,2-6,19H2,1H3. The molecule has 0 spiro atoms. The highest BCUT2D eigenvalue weighted by Crippen LogP contribution is 2.36. The van der Waals surface area contributed by atoms with Gasteiger partial charge >= 0.3 is 0 Å². The lowest BCUT2D eigenvalue weighted by atomic mass is 10.0. The zero-order valence-electron chi connectivity index (χ0n) is 12.2. The highest BCUT2D eigenvalue weighted by atomic mass is 35.5. The highest BCUT2D eigenvalue weighted by molar-refractivity contribution is 7.12. The first kappa shape index (κ1) is 14.9. The van der Waals surface area contributed by atoms with Crippen LogP contribution < -0.4 is 10.5 Å². The van der Waals surface area contributed by atoms with Gasteiger partial charge in [-0.25, -0.2) is 0 Å². The number of ether oxygens (including phenoxy) is 1. The van der Waals surface area contributed by atoms with Crippen molar-refractivity contribution in [2.75, 3.05) is 7.11 Å². The predicted octanol–water partition coefficient (Wildman–Crippen LogP) is 4.73. The van der Waals surface area contributed by atoms with Gasteiger partial charge in [-0.05, 0) is 55.0 Å². The van der Waals surface area contributed by atoms with Crippen LogP contribution in [-0.4, -0.2) is 7.11 Å². The molecule has 2 aromatic rings. The summed E-state index contributed by atoms with van der Waals surface area (Å²) in [5.74, 6) is 0.762. The Kier molecular flexibility index (Phi) is 4.53. The molecule has 1 aromatic heterocycles. The first-order valence-electron chi connectivity index (χ1n) is 7.39. The van der Waals surface area contributed by atoms with Crippen molar-refractivity contribution in [3.63, 3.8) is 0 Å². The number of methoxy groups -OCH3 is 1. The molecule has 0 saturated carbocycles. The predicted molar refractivity (Wildman–Crippen MR) is 89.6 cm³/mol. The topological polar surface area (TPSA) is 35.2 Å². The molecule has 1 aromatic carbocycles. The summed E-state index contributed by atoms with van der Waals surface area (Å²) in [4.78, 5) is 2.73. The van der Waals surface area contributed by atoms with Crippen LogP contribution in [0.2, 0.25) is 5.02 Å². The van der Waals surface area contributed by atoms with Gasteiger partial charge in [0.2, 0.25) is 0 Å². The second-order valence-corrected chi connectivity index (χ2v) is 7.10. The Hall–Kier alpha value is -1.03. The van der Waals surface area contributed by atoms with E-state index in [2.05, 4.69) is 6.07 Å². The van der Waals surface area contributed by atoms with Gasteiger partial charge in [0, 0.05) is 14.8 Å². The molecule has 0 radical (unpaired) electrons. The van der Waals surface area contributed by atoms with Gasteiger partial charge in [0.15, 0.2) is 0 Å². The number of aryl methyl sites for hydroxylation is 2. The summed E-state index contributed by atoms with van der Waals surface area (Å²) in [6, 6.07) is 7.85. The first-order chi connectivity index (χ1) is 10.2. The zero-order chi connectivity index (χ0) is 14.8. The number of rotatable bonds is 3. The second kappa shape index (κ2) is 6.39. The Balaban J connectivity index is 1.90. The molecule has 1 atom stereocenters. The normalized spacial score (nSPS) is 16.1. The Bertz CT molecular complexity index is 614. The summed E-state index contributed by atoms with van der Waals surface area (Å²) in [7, 11) is 1.64. The summed E-state index contributed by atoms with van der Waals surface area (Å²) in [6.07, 6.45) is 6.32. The number of benzene rings is 1. The van der Waals surface area contributed by atoms with Gasteiger partial charge < -0.3 is 10.5 Å². The van der Waals surface area contributed by atoms with E-state index >= 15 is 0 Å². The third-order valence-electron chi connectivity index (χ3n) is 4.11. The number of fused-ring (bicyclic) bond motifs is 1. The summed E-state index contributed by atoms with van der Waals surface area (Å²) < 4.78 is 5.19. The number of hydrogen-bond acceptors (Lipinski definition) is 3. The van der Waals surface area contributed by atoms with Crippen LogP contribution in [0.15, 0.2) is 24.3 Å². The van der Waals surface area contributed by atoms with Crippen molar-refractivity contribution >= 4 is 22.9 Å². The van der Waals surface area contributed by atoms with Gasteiger partial charge in [0.05, 0.1) is 13.2 Å². The molecular formula is C17H20ClNOS. The van der Waals surface area contributed by atoms with Crippen LogP contribution in [0.25, 0.3) is 0 Å². The molecule has 4 heteroatoms. The molecule has 0 aliphatic heterocycles. The molecule has 1 unspecified atom stereocenters. The van der Waals surface area contributed by atoms with Crippen LogP contribution in [0.3, 0.4) is 0 Å². The minimum absolute atomic E-state index is 0.152. The molecule has 1 heterocycles. The van der Waals surface area contributed by atoms with E-state index in [1.807, 2.05) is 29.5 Å². The summed E-state index contributed by atoms with van der Waals surface area (Å²) in [5, 5.41) is 0.672. The molecule has 0 saturated heterocycles. The second-order valence-electron chi connectivity index (χ2n) is 5.52. The maximum absolute atomic E-state index is 6.44. The Morgan fingerprint density at radius 1 is 1.19 bits per heavy atom. The van der Waals surface area contributed by atoms with Gasteiger partial charge in [0.1, 0.15) is 5.75 Å². The van der Waals surface area contributed by atoms with E-state index in [-0.39, 0.29) is 6.04 Å². The van der Waals surface area contributed by atoms with Gasteiger partial charge in [-0.1, -0.05) is 24.1 Å². The molecule has 1 aliphatic carbocycles. The average Bonchev–Trinajstić information content (AvgIpc) is 2.77. The van der Waals surface area contributed by atoms with E-state index in [0.717, 1.165) is 11.3 Å². The van der Waals surface area contributed by atoms with Crippen LogP contribution in [0, 0.1) is 0 Å². The fourth-order valence-corrected chi connectivity index (χ4v) is 4.45. The van der Waals surface area contributed by atoms with Gasteiger partial charge in [-0.2, -0.15) is 0 Å². The van der Waals surface area contributed by atoms with Crippen molar-refractivity contribution in [2.24, 2.45) is 5.73 Å². The van der Waals surface area contributed by atoms with E-state index in [0.29, 0.717) is 5.02 Å². The molecule has 0 bridgehead atoms. The summed E-state index contributed by atoms with van der Waals surface area (Å²) in [5.41, 5.74) is 8.90. The van der Waals surface area contributed by atoms with E-state index in [9.17, 15) is 0 Å².